The van der Waals surface area contributed by atoms with Gasteiger partial charge in [0, 0.05) is 18.1 Å². The molecule has 3 rings (SSSR count). The Morgan fingerprint density at radius 1 is 1.19 bits per heavy atom. The fourth-order valence-electron chi connectivity index (χ4n) is 2.94. The van der Waals surface area contributed by atoms with Crippen LogP contribution in [0.15, 0.2) is 18.2 Å². The van der Waals surface area contributed by atoms with E-state index in [4.69, 9.17) is 23.2 Å². The Labute approximate surface area is 167 Å². The van der Waals surface area contributed by atoms with Crippen LogP contribution in [0.4, 0.5) is 11.5 Å². The zero-order valence-corrected chi connectivity index (χ0v) is 17.0. The van der Waals surface area contributed by atoms with Gasteiger partial charge in [0.2, 0.25) is 5.91 Å². The van der Waals surface area contributed by atoms with Crippen LogP contribution in [0.3, 0.4) is 0 Å². The second-order valence-electron chi connectivity index (χ2n) is 6.56. The monoisotopic (exact) mass is 406 g/mol. The SMILES string of the molecule is Cc1nn(C)c2nc(NCC(=O)Nc3cc(Cl)nc(Cl)c3)cc(C(C)C)c12. The molecule has 0 radical (unpaired) electrons. The Bertz CT molecular complexity index is 994. The minimum Gasteiger partial charge on any atom is -0.361 e. The number of anilines is 2. The number of rotatable bonds is 5. The van der Waals surface area contributed by atoms with Crippen molar-refractivity contribution in [2.24, 2.45) is 7.05 Å². The number of hydrogen-bond acceptors (Lipinski definition) is 5. The maximum Gasteiger partial charge on any atom is 0.243 e. The molecule has 0 aliphatic heterocycles. The molecule has 0 spiro atoms. The third-order valence-corrected chi connectivity index (χ3v) is 4.49. The van der Waals surface area contributed by atoms with Crippen LogP contribution < -0.4 is 10.6 Å². The Morgan fingerprint density at radius 2 is 1.85 bits per heavy atom. The van der Waals surface area contributed by atoms with Gasteiger partial charge in [-0.3, -0.25) is 9.48 Å². The zero-order chi connectivity index (χ0) is 19.7. The largest absolute Gasteiger partial charge is 0.361 e. The predicted octanol–water partition coefficient (Wildman–Crippen LogP) is 4.15. The van der Waals surface area contributed by atoms with Crippen molar-refractivity contribution in [1.82, 2.24) is 19.7 Å². The van der Waals surface area contributed by atoms with Gasteiger partial charge >= 0.3 is 0 Å². The van der Waals surface area contributed by atoms with Crippen LogP contribution in [0, 0.1) is 6.92 Å². The molecular formula is C18H20Cl2N6O. The summed E-state index contributed by atoms with van der Waals surface area (Å²) >= 11 is 11.7. The van der Waals surface area contributed by atoms with E-state index < -0.39 is 0 Å². The number of pyridine rings is 2. The van der Waals surface area contributed by atoms with E-state index in [-0.39, 0.29) is 22.8 Å². The summed E-state index contributed by atoms with van der Waals surface area (Å²) in [6.07, 6.45) is 0. The summed E-state index contributed by atoms with van der Waals surface area (Å²) in [6.45, 7) is 6.26. The van der Waals surface area contributed by atoms with Gasteiger partial charge in [-0.15, -0.1) is 0 Å². The summed E-state index contributed by atoms with van der Waals surface area (Å²) in [4.78, 5) is 20.7. The predicted molar refractivity (Wildman–Crippen MR) is 109 cm³/mol. The van der Waals surface area contributed by atoms with E-state index >= 15 is 0 Å². The number of nitrogens with one attached hydrogen (secondary N) is 2. The number of carbonyl (C=O) groups excluding carboxylic acids is 1. The van der Waals surface area contributed by atoms with Crippen LogP contribution in [0.5, 0.6) is 0 Å². The smallest absolute Gasteiger partial charge is 0.243 e. The Kier molecular flexibility index (Phi) is 5.53. The first-order chi connectivity index (χ1) is 12.7. The quantitative estimate of drug-likeness (QED) is 0.621. The van der Waals surface area contributed by atoms with Gasteiger partial charge in [-0.25, -0.2) is 9.97 Å². The van der Waals surface area contributed by atoms with Gasteiger partial charge in [-0.05, 0) is 36.6 Å². The highest BCUT2D eigenvalue weighted by Crippen LogP contribution is 2.29. The molecule has 27 heavy (non-hydrogen) atoms. The van der Waals surface area contributed by atoms with Gasteiger partial charge in [-0.1, -0.05) is 37.0 Å². The number of carbonyl (C=O) groups is 1. The maximum atomic E-state index is 12.2. The van der Waals surface area contributed by atoms with Gasteiger partial charge in [-0.2, -0.15) is 5.10 Å². The molecule has 3 aromatic heterocycles. The average Bonchev–Trinajstić information content (AvgIpc) is 2.85. The van der Waals surface area contributed by atoms with E-state index in [1.165, 1.54) is 12.1 Å². The van der Waals surface area contributed by atoms with Crippen molar-refractivity contribution < 1.29 is 4.79 Å². The lowest BCUT2D eigenvalue weighted by molar-refractivity contribution is -0.114. The third kappa shape index (κ3) is 4.31. The highest BCUT2D eigenvalue weighted by Gasteiger charge is 2.16. The molecule has 3 heterocycles. The van der Waals surface area contributed by atoms with Gasteiger partial charge in [0.1, 0.15) is 16.1 Å². The van der Waals surface area contributed by atoms with E-state index in [1.807, 2.05) is 20.0 Å². The van der Waals surface area contributed by atoms with Crippen molar-refractivity contribution in [2.75, 3.05) is 17.2 Å². The van der Waals surface area contributed by atoms with Crippen LogP contribution in [0.25, 0.3) is 11.0 Å². The zero-order valence-electron chi connectivity index (χ0n) is 15.5. The standard InChI is InChI=1S/C18H20Cl2N6O/c1-9(2)12-7-15(24-18-17(12)10(3)25-26(18)4)21-8-16(27)22-11-5-13(19)23-14(20)6-11/h5-7,9H,8H2,1-4H3,(H,21,24)(H,22,23,27). The summed E-state index contributed by atoms with van der Waals surface area (Å²) in [7, 11) is 1.86. The number of aromatic nitrogens is 4. The van der Waals surface area contributed by atoms with Crippen molar-refractivity contribution in [3.63, 3.8) is 0 Å². The molecule has 1 amide bonds. The summed E-state index contributed by atoms with van der Waals surface area (Å²) < 4.78 is 1.75. The van der Waals surface area contributed by atoms with E-state index in [2.05, 4.69) is 39.5 Å². The first-order valence-electron chi connectivity index (χ1n) is 8.45. The topological polar surface area (TPSA) is 84.7 Å². The molecule has 0 saturated carbocycles. The van der Waals surface area contributed by atoms with Crippen LogP contribution in [-0.4, -0.2) is 32.2 Å². The van der Waals surface area contributed by atoms with E-state index in [0.29, 0.717) is 17.4 Å². The molecule has 2 N–H and O–H groups in total. The lowest BCUT2D eigenvalue weighted by atomic mass is 10.00. The van der Waals surface area contributed by atoms with Gasteiger partial charge in [0.05, 0.1) is 12.2 Å². The second-order valence-corrected chi connectivity index (χ2v) is 7.34. The van der Waals surface area contributed by atoms with Crippen molar-refractivity contribution in [1.29, 1.82) is 0 Å². The number of halogens is 2. The first-order valence-corrected chi connectivity index (χ1v) is 9.21. The third-order valence-electron chi connectivity index (χ3n) is 4.10. The number of aryl methyl sites for hydroxylation is 2. The fourth-order valence-corrected chi connectivity index (χ4v) is 3.40. The molecular weight excluding hydrogens is 387 g/mol. The molecule has 0 fully saturated rings. The first kappa shape index (κ1) is 19.4. The molecule has 142 valence electrons. The number of amides is 1. The molecule has 9 heteroatoms. The van der Waals surface area contributed by atoms with Crippen molar-refractivity contribution in [2.45, 2.75) is 26.7 Å². The number of fused-ring (bicyclic) bond motifs is 1. The molecule has 0 bridgehead atoms. The van der Waals surface area contributed by atoms with Gasteiger partial charge in [0.25, 0.3) is 0 Å². The molecule has 0 aromatic carbocycles. The molecule has 0 saturated heterocycles. The summed E-state index contributed by atoms with van der Waals surface area (Å²) in [5.41, 5.74) is 3.36. The fraction of sp³-hybridized carbons (Fsp3) is 0.333. The van der Waals surface area contributed by atoms with E-state index in [9.17, 15) is 4.79 Å². The average molecular weight is 407 g/mol. The minimum atomic E-state index is -0.248. The lowest BCUT2D eigenvalue weighted by Gasteiger charge is -2.12. The van der Waals surface area contributed by atoms with Crippen molar-refractivity contribution in [3.8, 4) is 0 Å². The van der Waals surface area contributed by atoms with Crippen LogP contribution in [0.1, 0.15) is 31.0 Å². The van der Waals surface area contributed by atoms with Crippen LogP contribution >= 0.6 is 23.2 Å². The Hall–Kier alpha value is -2.38. The normalized spacial score (nSPS) is 11.2. The molecule has 0 aliphatic rings. The highest BCUT2D eigenvalue weighted by atomic mass is 35.5. The van der Waals surface area contributed by atoms with Crippen molar-refractivity contribution in [3.05, 3.63) is 39.8 Å². The summed E-state index contributed by atoms with van der Waals surface area (Å²) in [5.74, 6) is 0.673. The van der Waals surface area contributed by atoms with Gasteiger partial charge < -0.3 is 10.6 Å². The number of hydrogen-bond donors (Lipinski definition) is 2. The summed E-state index contributed by atoms with van der Waals surface area (Å²) in [5, 5.41) is 11.7. The maximum absolute atomic E-state index is 12.2. The second kappa shape index (κ2) is 7.70. The number of nitrogens with zero attached hydrogens (tertiary/aromatic N) is 4. The Morgan fingerprint density at radius 3 is 2.48 bits per heavy atom. The Balaban J connectivity index is 1.78. The van der Waals surface area contributed by atoms with Crippen LogP contribution in [0.2, 0.25) is 10.3 Å². The van der Waals surface area contributed by atoms with E-state index in [0.717, 1.165) is 22.3 Å². The molecule has 0 atom stereocenters. The molecule has 7 nitrogen and oxygen atoms in total. The van der Waals surface area contributed by atoms with Crippen molar-refractivity contribution >= 4 is 51.6 Å². The lowest BCUT2D eigenvalue weighted by Crippen LogP contribution is -2.22. The van der Waals surface area contributed by atoms with Crippen LogP contribution in [-0.2, 0) is 11.8 Å². The van der Waals surface area contributed by atoms with Gasteiger partial charge in [0.15, 0.2) is 5.65 Å². The minimum absolute atomic E-state index is 0.0461. The molecule has 0 unspecified atom stereocenters. The highest BCUT2D eigenvalue weighted by molar-refractivity contribution is 6.33. The molecule has 3 aromatic rings. The van der Waals surface area contributed by atoms with E-state index in [1.54, 1.807) is 4.68 Å². The summed E-state index contributed by atoms with van der Waals surface area (Å²) in [6, 6.07) is 5.03. The molecule has 0 aliphatic carbocycles.